The maximum absolute atomic E-state index is 9.44. The molecule has 3 rings (SSSR count). The van der Waals surface area contributed by atoms with E-state index >= 15 is 0 Å². The van der Waals surface area contributed by atoms with Gasteiger partial charge in [-0.1, -0.05) is 0 Å². The number of nitrogens with one attached hydrogen (secondary N) is 1. The largest absolute Gasteiger partial charge is 0.508 e. The van der Waals surface area contributed by atoms with Crippen LogP contribution < -0.4 is 10.1 Å². The zero-order chi connectivity index (χ0) is 10.3. The van der Waals surface area contributed by atoms with E-state index in [-0.39, 0.29) is 5.75 Å². The second-order valence-electron chi connectivity index (χ2n) is 3.47. The number of ether oxygens (including phenoxy) is 1. The minimum Gasteiger partial charge on any atom is -0.508 e. The summed E-state index contributed by atoms with van der Waals surface area (Å²) in [4.78, 5) is 4.26. The Morgan fingerprint density at radius 3 is 3.27 bits per heavy atom. The van der Waals surface area contributed by atoms with Gasteiger partial charge in [-0.05, 0) is 18.2 Å². The molecule has 2 heterocycles. The van der Waals surface area contributed by atoms with E-state index in [1.54, 1.807) is 24.4 Å². The molecule has 0 radical (unpaired) electrons. The third-order valence-corrected chi connectivity index (χ3v) is 2.48. The molecule has 2 aromatic rings. The van der Waals surface area contributed by atoms with Gasteiger partial charge in [-0.25, -0.2) is 0 Å². The van der Waals surface area contributed by atoms with Crippen molar-refractivity contribution in [3.8, 4) is 11.5 Å². The zero-order valence-corrected chi connectivity index (χ0v) is 8.03. The minimum absolute atomic E-state index is 0.241. The van der Waals surface area contributed by atoms with Gasteiger partial charge in [-0.2, -0.15) is 0 Å². The summed E-state index contributed by atoms with van der Waals surface area (Å²) >= 11 is 0. The van der Waals surface area contributed by atoms with Gasteiger partial charge < -0.3 is 15.2 Å². The van der Waals surface area contributed by atoms with Crippen LogP contribution in [0.4, 0.5) is 5.69 Å². The summed E-state index contributed by atoms with van der Waals surface area (Å²) in [5, 5.41) is 13.6. The number of hydrogen-bond donors (Lipinski definition) is 2. The second-order valence-corrected chi connectivity index (χ2v) is 3.47. The molecule has 0 fully saturated rings. The summed E-state index contributed by atoms with van der Waals surface area (Å²) in [6, 6.07) is 5.12. The number of nitrogens with zero attached hydrogens (tertiary/aromatic N) is 1. The number of rotatable bonds is 0. The summed E-state index contributed by atoms with van der Waals surface area (Å²) in [7, 11) is 0. The van der Waals surface area contributed by atoms with Gasteiger partial charge in [-0.15, -0.1) is 0 Å². The molecule has 1 aliphatic rings. The molecule has 15 heavy (non-hydrogen) atoms. The molecular weight excluding hydrogens is 192 g/mol. The Morgan fingerprint density at radius 2 is 2.33 bits per heavy atom. The highest BCUT2D eigenvalue weighted by Gasteiger charge is 2.13. The van der Waals surface area contributed by atoms with Crippen molar-refractivity contribution < 1.29 is 9.84 Å². The monoisotopic (exact) mass is 202 g/mol. The fourth-order valence-electron chi connectivity index (χ4n) is 1.79. The SMILES string of the molecule is Oc1ccc2ncc3c(c2c1)NCCO3. The third kappa shape index (κ3) is 1.26. The molecule has 4 nitrogen and oxygen atoms in total. The van der Waals surface area contributed by atoms with Gasteiger partial charge in [0.2, 0.25) is 0 Å². The Morgan fingerprint density at radius 1 is 1.40 bits per heavy atom. The molecule has 0 saturated heterocycles. The lowest BCUT2D eigenvalue weighted by Gasteiger charge is -2.20. The first kappa shape index (κ1) is 8.35. The lowest BCUT2D eigenvalue weighted by atomic mass is 10.1. The molecule has 1 aromatic heterocycles. The van der Waals surface area contributed by atoms with Crippen molar-refractivity contribution in [3.05, 3.63) is 24.4 Å². The van der Waals surface area contributed by atoms with Crippen LogP contribution in [0, 0.1) is 0 Å². The van der Waals surface area contributed by atoms with E-state index in [0.717, 1.165) is 28.9 Å². The number of phenols is 1. The molecule has 2 N–H and O–H groups in total. The standard InChI is InChI=1S/C11H10N2O2/c14-7-1-2-9-8(5-7)11-10(6-13-9)15-4-3-12-11/h1-2,5-6,12,14H,3-4H2. The molecule has 0 amide bonds. The second kappa shape index (κ2) is 3.02. The average molecular weight is 202 g/mol. The fourth-order valence-corrected chi connectivity index (χ4v) is 1.79. The number of aromatic nitrogens is 1. The molecule has 0 unspecified atom stereocenters. The van der Waals surface area contributed by atoms with Gasteiger partial charge in [0.05, 0.1) is 17.4 Å². The van der Waals surface area contributed by atoms with E-state index in [0.29, 0.717) is 6.61 Å². The van der Waals surface area contributed by atoms with Crippen LogP contribution in [-0.2, 0) is 0 Å². The Labute approximate surface area is 86.5 Å². The van der Waals surface area contributed by atoms with Crippen LogP contribution in [-0.4, -0.2) is 23.2 Å². The molecule has 0 aliphatic carbocycles. The van der Waals surface area contributed by atoms with Crippen LogP contribution in [0.3, 0.4) is 0 Å². The smallest absolute Gasteiger partial charge is 0.161 e. The molecule has 76 valence electrons. The molecule has 1 aliphatic heterocycles. The average Bonchev–Trinajstić information content (AvgIpc) is 2.29. The molecule has 0 atom stereocenters. The van der Waals surface area contributed by atoms with Crippen LogP contribution >= 0.6 is 0 Å². The zero-order valence-electron chi connectivity index (χ0n) is 8.03. The van der Waals surface area contributed by atoms with Gasteiger partial charge in [0.25, 0.3) is 0 Å². The summed E-state index contributed by atoms with van der Waals surface area (Å²) < 4.78 is 5.46. The van der Waals surface area contributed by atoms with Crippen LogP contribution in [0.1, 0.15) is 0 Å². The van der Waals surface area contributed by atoms with E-state index in [4.69, 9.17) is 4.74 Å². The topological polar surface area (TPSA) is 54.4 Å². The quantitative estimate of drug-likeness (QED) is 0.683. The summed E-state index contributed by atoms with van der Waals surface area (Å²) in [5.74, 6) is 0.990. The molecule has 4 heteroatoms. The van der Waals surface area contributed by atoms with Gasteiger partial charge in [0.1, 0.15) is 12.4 Å². The summed E-state index contributed by atoms with van der Waals surface area (Å²) in [6.07, 6.45) is 1.71. The molecule has 0 spiro atoms. The van der Waals surface area contributed by atoms with E-state index in [1.165, 1.54) is 0 Å². The molecule has 1 aromatic carbocycles. The molecule has 0 bridgehead atoms. The first-order chi connectivity index (χ1) is 7.34. The van der Waals surface area contributed by atoms with Crippen LogP contribution in [0.2, 0.25) is 0 Å². The lowest BCUT2D eigenvalue weighted by molar-refractivity contribution is 0.323. The normalized spacial score (nSPS) is 14.1. The fraction of sp³-hybridized carbons (Fsp3) is 0.182. The maximum Gasteiger partial charge on any atom is 0.161 e. The first-order valence-corrected chi connectivity index (χ1v) is 4.83. The summed E-state index contributed by atoms with van der Waals surface area (Å²) in [5.41, 5.74) is 1.77. The maximum atomic E-state index is 9.44. The van der Waals surface area contributed by atoms with E-state index in [2.05, 4.69) is 10.3 Å². The predicted octanol–water partition coefficient (Wildman–Crippen LogP) is 1.74. The number of phenolic OH excluding ortho intramolecular Hbond substituents is 1. The van der Waals surface area contributed by atoms with Crippen molar-refractivity contribution >= 4 is 16.6 Å². The number of pyridine rings is 1. The Kier molecular flexibility index (Phi) is 1.68. The Balaban J connectivity index is 2.34. The third-order valence-electron chi connectivity index (χ3n) is 2.48. The van der Waals surface area contributed by atoms with Gasteiger partial charge in [-0.3, -0.25) is 4.98 Å². The number of hydrogen-bond acceptors (Lipinski definition) is 4. The predicted molar refractivity (Wildman–Crippen MR) is 57.4 cm³/mol. The van der Waals surface area contributed by atoms with Gasteiger partial charge >= 0.3 is 0 Å². The minimum atomic E-state index is 0.241. The number of aromatic hydroxyl groups is 1. The first-order valence-electron chi connectivity index (χ1n) is 4.83. The number of anilines is 1. The Hall–Kier alpha value is -1.97. The van der Waals surface area contributed by atoms with Crippen molar-refractivity contribution in [2.75, 3.05) is 18.5 Å². The van der Waals surface area contributed by atoms with Crippen molar-refractivity contribution in [2.45, 2.75) is 0 Å². The molecule has 0 saturated carbocycles. The van der Waals surface area contributed by atoms with Gasteiger partial charge in [0.15, 0.2) is 5.75 Å². The highest BCUT2D eigenvalue weighted by Crippen LogP contribution is 2.34. The van der Waals surface area contributed by atoms with Crippen LogP contribution in [0.5, 0.6) is 11.5 Å². The number of fused-ring (bicyclic) bond motifs is 3. The van der Waals surface area contributed by atoms with Crippen LogP contribution in [0.25, 0.3) is 10.9 Å². The summed E-state index contributed by atoms with van der Waals surface area (Å²) in [6.45, 7) is 1.43. The van der Waals surface area contributed by atoms with E-state index < -0.39 is 0 Å². The van der Waals surface area contributed by atoms with E-state index in [1.807, 2.05) is 0 Å². The highest BCUT2D eigenvalue weighted by atomic mass is 16.5. The van der Waals surface area contributed by atoms with Gasteiger partial charge in [0, 0.05) is 11.9 Å². The number of benzene rings is 1. The Bertz CT molecular complexity index is 525. The molecular formula is C11H10N2O2. The van der Waals surface area contributed by atoms with Crippen molar-refractivity contribution in [1.29, 1.82) is 0 Å². The van der Waals surface area contributed by atoms with Crippen molar-refractivity contribution in [1.82, 2.24) is 4.98 Å². The lowest BCUT2D eigenvalue weighted by Crippen LogP contribution is -2.18. The van der Waals surface area contributed by atoms with Crippen LogP contribution in [0.15, 0.2) is 24.4 Å². The highest BCUT2D eigenvalue weighted by molar-refractivity contribution is 5.95. The van der Waals surface area contributed by atoms with Crippen molar-refractivity contribution in [2.24, 2.45) is 0 Å². The van der Waals surface area contributed by atoms with E-state index in [9.17, 15) is 5.11 Å². The van der Waals surface area contributed by atoms with Crippen molar-refractivity contribution in [3.63, 3.8) is 0 Å².